The Morgan fingerprint density at radius 3 is 2.53 bits per heavy atom. The summed E-state index contributed by atoms with van der Waals surface area (Å²) in [6.45, 7) is 6.09. The third-order valence-electron chi connectivity index (χ3n) is 2.30. The molecule has 0 aliphatic carbocycles. The second-order valence-electron chi connectivity index (χ2n) is 4.15. The number of hydrogen-bond donors (Lipinski definition) is 1. The van der Waals surface area contributed by atoms with E-state index >= 15 is 0 Å². The van der Waals surface area contributed by atoms with Gasteiger partial charge in [-0.2, -0.15) is 0 Å². The molecule has 0 saturated heterocycles. The average molecular weight is 237 g/mol. The van der Waals surface area contributed by atoms with E-state index in [1.54, 1.807) is 13.8 Å². The van der Waals surface area contributed by atoms with Crippen molar-refractivity contribution in [3.8, 4) is 0 Å². The van der Waals surface area contributed by atoms with Crippen molar-refractivity contribution in [2.45, 2.75) is 33.0 Å². The van der Waals surface area contributed by atoms with Crippen LogP contribution in [0.5, 0.6) is 0 Å². The van der Waals surface area contributed by atoms with E-state index in [2.05, 4.69) is 5.48 Å². The van der Waals surface area contributed by atoms with Gasteiger partial charge in [0.25, 0.3) is 5.91 Å². The fourth-order valence-corrected chi connectivity index (χ4v) is 1.31. The molecule has 17 heavy (non-hydrogen) atoms. The molecule has 1 aromatic rings. The monoisotopic (exact) mass is 237 g/mol. The topological polar surface area (TPSA) is 47.6 Å². The highest BCUT2D eigenvalue weighted by Gasteiger charge is 2.27. The summed E-state index contributed by atoms with van der Waals surface area (Å²) in [7, 11) is 0. The van der Waals surface area contributed by atoms with Crippen molar-refractivity contribution in [2.24, 2.45) is 0 Å². The van der Waals surface area contributed by atoms with Gasteiger partial charge < -0.3 is 4.74 Å². The van der Waals surface area contributed by atoms with Crippen LogP contribution in [0.1, 0.15) is 26.3 Å². The van der Waals surface area contributed by atoms with Crippen molar-refractivity contribution in [3.05, 3.63) is 35.9 Å². The Balaban J connectivity index is 2.34. The first-order valence-electron chi connectivity index (χ1n) is 5.66. The SMILES string of the molecule is CCOC(C)(C)C(=O)NOCc1ccccc1. The number of ether oxygens (including phenoxy) is 1. The lowest BCUT2D eigenvalue weighted by Crippen LogP contribution is -2.44. The maximum atomic E-state index is 11.7. The minimum absolute atomic E-state index is 0.282. The van der Waals surface area contributed by atoms with E-state index in [0.29, 0.717) is 13.2 Å². The van der Waals surface area contributed by atoms with Crippen LogP contribution in [-0.4, -0.2) is 18.1 Å². The Kier molecular flexibility index (Phi) is 5.12. The van der Waals surface area contributed by atoms with Gasteiger partial charge >= 0.3 is 0 Å². The first kappa shape index (κ1) is 13.7. The van der Waals surface area contributed by atoms with E-state index in [0.717, 1.165) is 5.56 Å². The minimum atomic E-state index is -0.870. The van der Waals surface area contributed by atoms with Crippen molar-refractivity contribution in [3.63, 3.8) is 0 Å². The van der Waals surface area contributed by atoms with Crippen LogP contribution in [0.4, 0.5) is 0 Å². The van der Waals surface area contributed by atoms with Gasteiger partial charge in [0.15, 0.2) is 0 Å². The molecule has 0 aromatic heterocycles. The molecule has 0 unspecified atom stereocenters. The van der Waals surface area contributed by atoms with Gasteiger partial charge in [-0.3, -0.25) is 9.63 Å². The highest BCUT2D eigenvalue weighted by Crippen LogP contribution is 2.09. The van der Waals surface area contributed by atoms with Crippen molar-refractivity contribution in [1.82, 2.24) is 5.48 Å². The fourth-order valence-electron chi connectivity index (χ4n) is 1.31. The van der Waals surface area contributed by atoms with Gasteiger partial charge in [0, 0.05) is 6.61 Å². The first-order valence-corrected chi connectivity index (χ1v) is 5.66. The lowest BCUT2D eigenvalue weighted by atomic mass is 10.1. The second-order valence-corrected chi connectivity index (χ2v) is 4.15. The highest BCUT2D eigenvalue weighted by atomic mass is 16.7. The molecule has 0 fully saturated rings. The van der Waals surface area contributed by atoms with Gasteiger partial charge in [0.2, 0.25) is 0 Å². The summed E-state index contributed by atoms with van der Waals surface area (Å²) in [4.78, 5) is 16.8. The Labute approximate surface area is 102 Å². The van der Waals surface area contributed by atoms with Crippen LogP contribution < -0.4 is 5.48 Å². The molecule has 0 aliphatic heterocycles. The summed E-state index contributed by atoms with van der Waals surface area (Å²) in [5, 5.41) is 0. The zero-order valence-electron chi connectivity index (χ0n) is 10.5. The molecule has 1 amide bonds. The number of carbonyl (C=O) groups is 1. The van der Waals surface area contributed by atoms with E-state index in [1.807, 2.05) is 37.3 Å². The van der Waals surface area contributed by atoms with E-state index in [4.69, 9.17) is 9.57 Å². The Hall–Kier alpha value is -1.39. The number of benzene rings is 1. The standard InChI is InChI=1S/C13H19NO3/c1-4-16-13(2,3)12(15)14-17-10-11-8-6-5-7-9-11/h5-9H,4,10H2,1-3H3,(H,14,15). The normalized spacial score (nSPS) is 11.2. The zero-order valence-corrected chi connectivity index (χ0v) is 10.5. The number of hydrogen-bond acceptors (Lipinski definition) is 3. The maximum Gasteiger partial charge on any atom is 0.275 e. The molecular weight excluding hydrogens is 218 g/mol. The third kappa shape index (κ3) is 4.54. The van der Waals surface area contributed by atoms with Crippen LogP contribution in [0.15, 0.2) is 30.3 Å². The molecule has 0 atom stereocenters. The molecule has 4 heteroatoms. The number of nitrogens with one attached hydrogen (secondary N) is 1. The number of amides is 1. The van der Waals surface area contributed by atoms with Crippen LogP contribution in [0.25, 0.3) is 0 Å². The zero-order chi connectivity index (χ0) is 12.7. The summed E-state index contributed by atoms with van der Waals surface area (Å²) < 4.78 is 5.30. The van der Waals surface area contributed by atoms with Gasteiger partial charge in [-0.1, -0.05) is 30.3 Å². The van der Waals surface area contributed by atoms with Crippen molar-refractivity contribution in [1.29, 1.82) is 0 Å². The Morgan fingerprint density at radius 1 is 1.29 bits per heavy atom. The molecule has 0 saturated carbocycles. The predicted octanol–water partition coefficient (Wildman–Crippen LogP) is 2.05. The molecule has 0 heterocycles. The van der Waals surface area contributed by atoms with Gasteiger partial charge in [0.1, 0.15) is 5.60 Å². The van der Waals surface area contributed by atoms with Crippen LogP contribution in [-0.2, 0) is 21.0 Å². The quantitative estimate of drug-likeness (QED) is 0.770. The predicted molar refractivity (Wildman–Crippen MR) is 65.1 cm³/mol. The number of rotatable bonds is 6. The largest absolute Gasteiger partial charge is 0.366 e. The van der Waals surface area contributed by atoms with Crippen molar-refractivity contribution in [2.75, 3.05) is 6.61 Å². The highest BCUT2D eigenvalue weighted by molar-refractivity contribution is 5.83. The number of hydroxylamine groups is 1. The maximum absolute atomic E-state index is 11.7. The van der Waals surface area contributed by atoms with Crippen LogP contribution in [0.2, 0.25) is 0 Å². The lowest BCUT2D eigenvalue weighted by Gasteiger charge is -2.22. The molecule has 0 aliphatic rings. The molecule has 1 rings (SSSR count). The van der Waals surface area contributed by atoms with Gasteiger partial charge in [-0.25, -0.2) is 5.48 Å². The van der Waals surface area contributed by atoms with E-state index in [1.165, 1.54) is 0 Å². The van der Waals surface area contributed by atoms with E-state index < -0.39 is 5.60 Å². The summed E-state index contributed by atoms with van der Waals surface area (Å²) >= 11 is 0. The van der Waals surface area contributed by atoms with Gasteiger partial charge in [-0.05, 0) is 26.3 Å². The lowest BCUT2D eigenvalue weighted by molar-refractivity contribution is -0.156. The summed E-state index contributed by atoms with van der Waals surface area (Å²) in [5.74, 6) is -0.282. The molecule has 1 aromatic carbocycles. The van der Waals surface area contributed by atoms with Crippen molar-refractivity contribution >= 4 is 5.91 Å². The summed E-state index contributed by atoms with van der Waals surface area (Å²) in [6.07, 6.45) is 0. The van der Waals surface area contributed by atoms with Crippen LogP contribution >= 0.6 is 0 Å². The molecular formula is C13H19NO3. The molecule has 0 radical (unpaired) electrons. The van der Waals surface area contributed by atoms with Crippen molar-refractivity contribution < 1.29 is 14.4 Å². The first-order chi connectivity index (χ1) is 8.06. The Morgan fingerprint density at radius 2 is 1.94 bits per heavy atom. The number of carbonyl (C=O) groups excluding carboxylic acids is 1. The molecule has 0 spiro atoms. The van der Waals surface area contributed by atoms with Crippen LogP contribution in [0.3, 0.4) is 0 Å². The van der Waals surface area contributed by atoms with Gasteiger partial charge in [-0.15, -0.1) is 0 Å². The summed E-state index contributed by atoms with van der Waals surface area (Å²) in [5.41, 5.74) is 2.52. The van der Waals surface area contributed by atoms with Gasteiger partial charge in [0.05, 0.1) is 6.61 Å². The Bertz CT molecular complexity index is 349. The van der Waals surface area contributed by atoms with E-state index in [9.17, 15) is 4.79 Å². The second kappa shape index (κ2) is 6.37. The third-order valence-corrected chi connectivity index (χ3v) is 2.30. The molecule has 1 N–H and O–H groups in total. The smallest absolute Gasteiger partial charge is 0.275 e. The molecule has 94 valence electrons. The summed E-state index contributed by atoms with van der Waals surface area (Å²) in [6, 6.07) is 9.63. The molecule has 0 bridgehead atoms. The minimum Gasteiger partial charge on any atom is -0.366 e. The fraction of sp³-hybridized carbons (Fsp3) is 0.462. The van der Waals surface area contributed by atoms with E-state index in [-0.39, 0.29) is 5.91 Å². The molecule has 4 nitrogen and oxygen atoms in total. The average Bonchev–Trinajstić information content (AvgIpc) is 2.30. The van der Waals surface area contributed by atoms with Crippen LogP contribution in [0, 0.1) is 0 Å².